The van der Waals surface area contributed by atoms with E-state index in [-0.39, 0.29) is 5.41 Å². The second kappa shape index (κ2) is 5.02. The summed E-state index contributed by atoms with van der Waals surface area (Å²) in [7, 11) is 1.75. The summed E-state index contributed by atoms with van der Waals surface area (Å²) in [6.07, 6.45) is 8.53. The highest BCUT2D eigenvalue weighted by Gasteiger charge is 2.51. The molecule has 0 spiro atoms. The van der Waals surface area contributed by atoms with E-state index in [0.29, 0.717) is 0 Å². The van der Waals surface area contributed by atoms with Gasteiger partial charge in [-0.15, -0.1) is 0 Å². The van der Waals surface area contributed by atoms with Crippen LogP contribution in [-0.4, -0.2) is 7.11 Å². The standard InChI is InChI=1S/C19H26N2O/c1-19-10-9-15-14-6-4-13(22-2)11-12(14)3-5-16(15)17(19)7-8-18(19)21-20/h4,6,8,11,15-17,21H,3,5,7,9-10,20H2,1-2H3. The molecule has 4 unspecified atom stereocenters. The molecular weight excluding hydrogens is 272 g/mol. The molecule has 4 atom stereocenters. The highest BCUT2D eigenvalue weighted by molar-refractivity contribution is 5.41. The van der Waals surface area contributed by atoms with Gasteiger partial charge in [-0.3, -0.25) is 5.84 Å². The van der Waals surface area contributed by atoms with Crippen LogP contribution in [-0.2, 0) is 6.42 Å². The predicted molar refractivity (Wildman–Crippen MR) is 88.4 cm³/mol. The number of methoxy groups -OCH3 is 1. The Hall–Kier alpha value is -1.48. The van der Waals surface area contributed by atoms with E-state index in [9.17, 15) is 0 Å². The average Bonchev–Trinajstić information content (AvgIpc) is 2.90. The van der Waals surface area contributed by atoms with E-state index >= 15 is 0 Å². The van der Waals surface area contributed by atoms with Crippen molar-refractivity contribution in [2.75, 3.05) is 7.11 Å². The van der Waals surface area contributed by atoms with E-state index in [2.05, 4.69) is 36.6 Å². The minimum absolute atomic E-state index is 0.264. The fourth-order valence-corrected chi connectivity index (χ4v) is 5.48. The van der Waals surface area contributed by atoms with E-state index in [1.165, 1.54) is 43.4 Å². The predicted octanol–water partition coefficient (Wildman–Crippen LogP) is 3.51. The third-order valence-corrected chi connectivity index (χ3v) is 6.67. The number of nitrogens with one attached hydrogen (secondary N) is 1. The molecule has 0 saturated heterocycles. The van der Waals surface area contributed by atoms with E-state index in [4.69, 9.17) is 10.6 Å². The first-order valence-corrected chi connectivity index (χ1v) is 8.51. The van der Waals surface area contributed by atoms with Gasteiger partial charge in [0.1, 0.15) is 5.75 Å². The number of rotatable bonds is 2. The summed E-state index contributed by atoms with van der Waals surface area (Å²) in [5.41, 5.74) is 7.60. The quantitative estimate of drug-likeness (QED) is 0.649. The topological polar surface area (TPSA) is 47.3 Å². The minimum atomic E-state index is 0.264. The summed E-state index contributed by atoms with van der Waals surface area (Å²) in [5, 5.41) is 0. The molecule has 3 N–H and O–H groups in total. The highest BCUT2D eigenvalue weighted by atomic mass is 16.5. The van der Waals surface area contributed by atoms with E-state index in [1.807, 2.05) is 0 Å². The molecule has 0 aromatic heterocycles. The molecule has 4 rings (SSSR count). The van der Waals surface area contributed by atoms with Crippen molar-refractivity contribution in [3.8, 4) is 5.75 Å². The number of benzene rings is 1. The molecule has 0 radical (unpaired) electrons. The Bertz CT molecular complexity index is 624. The molecule has 3 aliphatic carbocycles. The second-order valence-electron chi connectivity index (χ2n) is 7.43. The Morgan fingerprint density at radius 2 is 2.18 bits per heavy atom. The van der Waals surface area contributed by atoms with Crippen molar-refractivity contribution in [3.63, 3.8) is 0 Å². The van der Waals surface area contributed by atoms with Gasteiger partial charge in [0, 0.05) is 11.1 Å². The van der Waals surface area contributed by atoms with Gasteiger partial charge in [0.25, 0.3) is 0 Å². The SMILES string of the molecule is COc1ccc2c(c1)CCC1C2CCC2(C)C(NN)=CCC12. The molecule has 3 nitrogen and oxygen atoms in total. The smallest absolute Gasteiger partial charge is 0.119 e. The first kappa shape index (κ1) is 14.1. The van der Waals surface area contributed by atoms with Crippen LogP contribution in [0.15, 0.2) is 30.0 Å². The number of hydrogen-bond donors (Lipinski definition) is 2. The van der Waals surface area contributed by atoms with Crippen molar-refractivity contribution >= 4 is 0 Å². The molecule has 1 aromatic rings. The maximum Gasteiger partial charge on any atom is 0.119 e. The summed E-state index contributed by atoms with van der Waals surface area (Å²) < 4.78 is 5.40. The van der Waals surface area contributed by atoms with E-state index in [0.717, 1.165) is 23.5 Å². The summed E-state index contributed by atoms with van der Waals surface area (Å²) >= 11 is 0. The molecule has 1 fully saturated rings. The fourth-order valence-electron chi connectivity index (χ4n) is 5.48. The lowest BCUT2D eigenvalue weighted by atomic mass is 9.55. The van der Waals surface area contributed by atoms with Crippen molar-refractivity contribution in [2.45, 2.75) is 44.9 Å². The minimum Gasteiger partial charge on any atom is -0.497 e. The number of fused-ring (bicyclic) bond motifs is 5. The Morgan fingerprint density at radius 1 is 1.32 bits per heavy atom. The summed E-state index contributed by atoms with van der Waals surface area (Å²) in [5.74, 6) is 9.02. The summed E-state index contributed by atoms with van der Waals surface area (Å²) in [6, 6.07) is 6.70. The number of hydrazine groups is 1. The Kier molecular flexibility index (Phi) is 3.23. The molecule has 1 aromatic carbocycles. The van der Waals surface area contributed by atoms with Crippen molar-refractivity contribution < 1.29 is 4.74 Å². The van der Waals surface area contributed by atoms with Crippen LogP contribution in [0.3, 0.4) is 0 Å². The molecule has 1 saturated carbocycles. The lowest BCUT2D eigenvalue weighted by Crippen LogP contribution is -2.44. The first-order chi connectivity index (χ1) is 10.7. The van der Waals surface area contributed by atoms with Crippen LogP contribution in [0.2, 0.25) is 0 Å². The van der Waals surface area contributed by atoms with Crippen LogP contribution in [0.5, 0.6) is 5.75 Å². The maximum absolute atomic E-state index is 5.77. The largest absolute Gasteiger partial charge is 0.497 e. The Morgan fingerprint density at radius 3 is 2.95 bits per heavy atom. The van der Waals surface area contributed by atoms with Crippen LogP contribution < -0.4 is 16.0 Å². The van der Waals surface area contributed by atoms with E-state index in [1.54, 1.807) is 12.7 Å². The third kappa shape index (κ3) is 1.84. The van der Waals surface area contributed by atoms with Crippen LogP contribution in [0.1, 0.15) is 49.7 Å². The molecule has 118 valence electrons. The molecular formula is C19H26N2O. The number of allylic oxidation sites excluding steroid dienone is 2. The van der Waals surface area contributed by atoms with Gasteiger partial charge in [-0.05, 0) is 73.1 Å². The number of ether oxygens (including phenoxy) is 1. The Labute approximate surface area is 132 Å². The van der Waals surface area contributed by atoms with Gasteiger partial charge in [0.2, 0.25) is 0 Å². The van der Waals surface area contributed by atoms with Crippen molar-refractivity contribution in [2.24, 2.45) is 23.1 Å². The van der Waals surface area contributed by atoms with Crippen molar-refractivity contribution in [1.82, 2.24) is 5.43 Å². The lowest BCUT2D eigenvalue weighted by Gasteiger charge is -2.50. The van der Waals surface area contributed by atoms with Gasteiger partial charge in [-0.1, -0.05) is 19.1 Å². The molecule has 0 amide bonds. The van der Waals surface area contributed by atoms with Crippen LogP contribution in [0, 0.1) is 17.3 Å². The molecule has 0 aliphatic heterocycles. The first-order valence-electron chi connectivity index (χ1n) is 8.51. The zero-order valence-electron chi connectivity index (χ0n) is 13.6. The molecule has 3 heteroatoms. The van der Waals surface area contributed by atoms with E-state index < -0.39 is 0 Å². The average molecular weight is 298 g/mol. The van der Waals surface area contributed by atoms with Gasteiger partial charge >= 0.3 is 0 Å². The highest BCUT2D eigenvalue weighted by Crippen LogP contribution is 2.60. The van der Waals surface area contributed by atoms with Gasteiger partial charge in [-0.25, -0.2) is 0 Å². The van der Waals surface area contributed by atoms with Gasteiger partial charge in [0.15, 0.2) is 0 Å². The number of aryl methyl sites for hydroxylation is 1. The molecule has 0 heterocycles. The maximum atomic E-state index is 5.77. The van der Waals surface area contributed by atoms with Crippen LogP contribution >= 0.6 is 0 Å². The zero-order valence-corrected chi connectivity index (χ0v) is 13.6. The normalized spacial score (nSPS) is 36.0. The number of nitrogens with two attached hydrogens (primary N) is 1. The second-order valence-corrected chi connectivity index (χ2v) is 7.43. The van der Waals surface area contributed by atoms with Gasteiger partial charge in [-0.2, -0.15) is 0 Å². The lowest BCUT2D eigenvalue weighted by molar-refractivity contribution is 0.0710. The number of hydrogen-bond acceptors (Lipinski definition) is 3. The van der Waals surface area contributed by atoms with Gasteiger partial charge < -0.3 is 10.2 Å². The Balaban J connectivity index is 1.67. The summed E-state index contributed by atoms with van der Waals surface area (Å²) in [4.78, 5) is 0. The van der Waals surface area contributed by atoms with Gasteiger partial charge in [0.05, 0.1) is 7.11 Å². The monoisotopic (exact) mass is 298 g/mol. The molecule has 22 heavy (non-hydrogen) atoms. The fraction of sp³-hybridized carbons (Fsp3) is 0.579. The third-order valence-electron chi connectivity index (χ3n) is 6.67. The summed E-state index contributed by atoms with van der Waals surface area (Å²) in [6.45, 7) is 2.41. The van der Waals surface area contributed by atoms with Crippen LogP contribution in [0.25, 0.3) is 0 Å². The molecule has 0 bridgehead atoms. The molecule has 3 aliphatic rings. The van der Waals surface area contributed by atoms with Crippen molar-refractivity contribution in [1.29, 1.82) is 0 Å². The zero-order chi connectivity index (χ0) is 15.3. The van der Waals surface area contributed by atoms with Crippen LogP contribution in [0.4, 0.5) is 0 Å². The van der Waals surface area contributed by atoms with Crippen molar-refractivity contribution in [3.05, 3.63) is 41.1 Å².